The molecule has 0 spiro atoms. The van der Waals surface area contributed by atoms with Gasteiger partial charge in [-0.05, 0) is 36.4 Å². The zero-order valence-electron chi connectivity index (χ0n) is 11.1. The van der Waals surface area contributed by atoms with Gasteiger partial charge in [0.2, 0.25) is 0 Å². The Morgan fingerprint density at radius 3 is 2.05 bits per heavy atom. The van der Waals surface area contributed by atoms with Crippen LogP contribution >= 0.6 is 11.6 Å². The summed E-state index contributed by atoms with van der Waals surface area (Å²) in [6.45, 7) is 1.60. The Labute approximate surface area is 124 Å². The lowest BCUT2D eigenvalue weighted by atomic mass is 10.3. The highest BCUT2D eigenvalue weighted by atomic mass is 35.5. The maximum atomic E-state index is 5.70. The fourth-order valence-corrected chi connectivity index (χ4v) is 1.71. The van der Waals surface area contributed by atoms with Gasteiger partial charge in [-0.15, -0.1) is 11.6 Å². The summed E-state index contributed by atoms with van der Waals surface area (Å²) in [6.07, 6.45) is 0. The van der Waals surface area contributed by atoms with Crippen LogP contribution in [0.3, 0.4) is 0 Å². The number of ether oxygens (including phenoxy) is 3. The maximum Gasteiger partial charge on any atom is 0.127 e. The molecule has 0 aromatic heterocycles. The molecule has 20 heavy (non-hydrogen) atoms. The molecule has 2 aromatic rings. The largest absolute Gasteiger partial charge is 0.491 e. The van der Waals surface area contributed by atoms with Gasteiger partial charge in [-0.25, -0.2) is 0 Å². The minimum Gasteiger partial charge on any atom is -0.491 e. The first-order chi connectivity index (χ1) is 9.88. The summed E-state index contributed by atoms with van der Waals surface area (Å²) < 4.78 is 16.5. The van der Waals surface area contributed by atoms with Gasteiger partial charge in [0.25, 0.3) is 0 Å². The standard InChI is InChI=1S/C16H17ClO3/c17-10-11-18-12-13-19-14-6-8-16(9-7-14)20-15-4-2-1-3-5-15/h1-9H,10-13H2. The lowest BCUT2D eigenvalue weighted by Crippen LogP contribution is -2.07. The molecular formula is C16H17ClO3. The second-order valence-electron chi connectivity index (χ2n) is 4.04. The van der Waals surface area contributed by atoms with Crippen molar-refractivity contribution in [1.29, 1.82) is 0 Å². The normalized spacial score (nSPS) is 10.2. The topological polar surface area (TPSA) is 27.7 Å². The average molecular weight is 293 g/mol. The van der Waals surface area contributed by atoms with Crippen molar-refractivity contribution in [2.75, 3.05) is 25.7 Å². The van der Waals surface area contributed by atoms with E-state index < -0.39 is 0 Å². The molecular weight excluding hydrogens is 276 g/mol. The first-order valence-electron chi connectivity index (χ1n) is 6.48. The predicted octanol–water partition coefficient (Wildman–Crippen LogP) is 4.11. The van der Waals surface area contributed by atoms with E-state index in [0.29, 0.717) is 25.7 Å². The number of hydrogen-bond acceptors (Lipinski definition) is 3. The molecule has 0 unspecified atom stereocenters. The Bertz CT molecular complexity index is 485. The highest BCUT2D eigenvalue weighted by molar-refractivity contribution is 6.17. The van der Waals surface area contributed by atoms with E-state index in [1.165, 1.54) is 0 Å². The van der Waals surface area contributed by atoms with E-state index in [2.05, 4.69) is 0 Å². The van der Waals surface area contributed by atoms with Crippen LogP contribution in [0.25, 0.3) is 0 Å². The van der Waals surface area contributed by atoms with Gasteiger partial charge < -0.3 is 14.2 Å². The van der Waals surface area contributed by atoms with E-state index in [4.69, 9.17) is 25.8 Å². The van der Waals surface area contributed by atoms with Gasteiger partial charge in [-0.1, -0.05) is 18.2 Å². The van der Waals surface area contributed by atoms with Gasteiger partial charge in [0.1, 0.15) is 23.9 Å². The van der Waals surface area contributed by atoms with Gasteiger partial charge in [-0.2, -0.15) is 0 Å². The van der Waals surface area contributed by atoms with Gasteiger partial charge >= 0.3 is 0 Å². The van der Waals surface area contributed by atoms with E-state index in [9.17, 15) is 0 Å². The second-order valence-corrected chi connectivity index (χ2v) is 4.41. The molecule has 0 fully saturated rings. The van der Waals surface area contributed by atoms with E-state index in [0.717, 1.165) is 17.2 Å². The van der Waals surface area contributed by atoms with Crippen LogP contribution in [0.1, 0.15) is 0 Å². The zero-order valence-corrected chi connectivity index (χ0v) is 11.9. The third-order valence-electron chi connectivity index (χ3n) is 2.52. The van der Waals surface area contributed by atoms with Gasteiger partial charge in [0.15, 0.2) is 0 Å². The Morgan fingerprint density at radius 2 is 1.35 bits per heavy atom. The van der Waals surface area contributed by atoms with E-state index in [1.54, 1.807) is 0 Å². The Kier molecular flexibility index (Phi) is 6.21. The van der Waals surface area contributed by atoms with Crippen LogP contribution in [0.5, 0.6) is 17.2 Å². The SMILES string of the molecule is ClCCOCCOc1ccc(Oc2ccccc2)cc1. The maximum absolute atomic E-state index is 5.70. The molecule has 0 heterocycles. The summed E-state index contributed by atoms with van der Waals surface area (Å²) in [4.78, 5) is 0. The molecule has 106 valence electrons. The van der Waals surface area contributed by atoms with Crippen molar-refractivity contribution < 1.29 is 14.2 Å². The summed E-state index contributed by atoms with van der Waals surface area (Å²) in [6, 6.07) is 17.2. The summed E-state index contributed by atoms with van der Waals surface area (Å²) in [7, 11) is 0. The quantitative estimate of drug-likeness (QED) is 0.541. The smallest absolute Gasteiger partial charge is 0.127 e. The number of halogens is 1. The number of rotatable bonds is 8. The number of alkyl halides is 1. The first-order valence-corrected chi connectivity index (χ1v) is 7.01. The Balaban J connectivity index is 1.78. The Hall–Kier alpha value is -1.71. The van der Waals surface area contributed by atoms with Crippen LogP contribution in [0.2, 0.25) is 0 Å². The molecule has 0 saturated carbocycles. The second kappa shape index (κ2) is 8.46. The number of hydrogen-bond donors (Lipinski definition) is 0. The van der Waals surface area contributed by atoms with E-state index in [-0.39, 0.29) is 0 Å². The molecule has 0 radical (unpaired) electrons. The van der Waals surface area contributed by atoms with Gasteiger partial charge in [0, 0.05) is 5.88 Å². The minimum atomic E-state index is 0.505. The molecule has 0 aliphatic rings. The molecule has 2 aromatic carbocycles. The average Bonchev–Trinajstić information content (AvgIpc) is 2.50. The van der Waals surface area contributed by atoms with Crippen molar-refractivity contribution in [1.82, 2.24) is 0 Å². The lowest BCUT2D eigenvalue weighted by Gasteiger charge is -2.08. The van der Waals surface area contributed by atoms with Crippen LogP contribution in [0.15, 0.2) is 54.6 Å². The van der Waals surface area contributed by atoms with Crippen molar-refractivity contribution in [2.45, 2.75) is 0 Å². The monoisotopic (exact) mass is 292 g/mol. The van der Waals surface area contributed by atoms with E-state index in [1.807, 2.05) is 54.6 Å². The molecule has 2 rings (SSSR count). The van der Waals surface area contributed by atoms with Crippen LogP contribution in [-0.2, 0) is 4.74 Å². The van der Waals surface area contributed by atoms with Crippen LogP contribution in [0.4, 0.5) is 0 Å². The minimum absolute atomic E-state index is 0.505. The third kappa shape index (κ3) is 5.11. The Morgan fingerprint density at radius 1 is 0.700 bits per heavy atom. The van der Waals surface area contributed by atoms with Crippen molar-refractivity contribution in [3.8, 4) is 17.2 Å². The molecule has 0 bridgehead atoms. The molecule has 0 N–H and O–H groups in total. The molecule has 4 heteroatoms. The summed E-state index contributed by atoms with van der Waals surface area (Å²) >= 11 is 5.50. The van der Waals surface area contributed by atoms with Crippen LogP contribution < -0.4 is 9.47 Å². The van der Waals surface area contributed by atoms with Gasteiger partial charge in [-0.3, -0.25) is 0 Å². The molecule has 3 nitrogen and oxygen atoms in total. The third-order valence-corrected chi connectivity index (χ3v) is 2.67. The number of benzene rings is 2. The van der Waals surface area contributed by atoms with Crippen molar-refractivity contribution in [2.24, 2.45) is 0 Å². The molecule has 0 amide bonds. The molecule has 0 aliphatic heterocycles. The lowest BCUT2D eigenvalue weighted by molar-refractivity contribution is 0.111. The number of para-hydroxylation sites is 1. The summed E-state index contributed by atoms with van der Waals surface area (Å²) in [5, 5.41) is 0. The van der Waals surface area contributed by atoms with Crippen molar-refractivity contribution >= 4 is 11.6 Å². The fraction of sp³-hybridized carbons (Fsp3) is 0.250. The van der Waals surface area contributed by atoms with E-state index >= 15 is 0 Å². The predicted molar refractivity (Wildman–Crippen MR) is 80.0 cm³/mol. The molecule has 0 saturated heterocycles. The first kappa shape index (κ1) is 14.7. The van der Waals surface area contributed by atoms with Crippen molar-refractivity contribution in [3.63, 3.8) is 0 Å². The zero-order chi connectivity index (χ0) is 14.0. The summed E-state index contributed by atoms with van der Waals surface area (Å²) in [5.41, 5.74) is 0. The summed E-state index contributed by atoms with van der Waals surface area (Å²) in [5.74, 6) is 2.89. The van der Waals surface area contributed by atoms with Gasteiger partial charge in [0.05, 0.1) is 13.2 Å². The highest BCUT2D eigenvalue weighted by Crippen LogP contribution is 2.23. The highest BCUT2D eigenvalue weighted by Gasteiger charge is 1.98. The van der Waals surface area contributed by atoms with Crippen molar-refractivity contribution in [3.05, 3.63) is 54.6 Å². The van der Waals surface area contributed by atoms with Crippen LogP contribution in [0, 0.1) is 0 Å². The fourth-order valence-electron chi connectivity index (χ4n) is 1.60. The van der Waals surface area contributed by atoms with Crippen LogP contribution in [-0.4, -0.2) is 25.7 Å². The molecule has 0 atom stereocenters. The molecule has 0 aliphatic carbocycles.